The molecule has 0 saturated heterocycles. The average molecular weight is 480 g/mol. The van der Waals surface area contributed by atoms with E-state index < -0.39 is 0 Å². The van der Waals surface area contributed by atoms with Crippen LogP contribution >= 0.6 is 0 Å². The van der Waals surface area contributed by atoms with E-state index in [1.54, 1.807) is 0 Å². The molecule has 0 N–H and O–H groups in total. The van der Waals surface area contributed by atoms with Crippen molar-refractivity contribution in [1.29, 1.82) is 0 Å². The lowest BCUT2D eigenvalue weighted by Crippen LogP contribution is -2.33. The Bertz CT molecular complexity index is 1120. The first-order valence-electron chi connectivity index (χ1n) is 13.2. The predicted molar refractivity (Wildman–Crippen MR) is 148 cm³/mol. The second kappa shape index (κ2) is 10.7. The smallest absolute Gasteiger partial charge is 0.150 e. The van der Waals surface area contributed by atoms with Crippen LogP contribution in [-0.2, 0) is 13.1 Å². The molecular weight excluding hydrogens is 442 g/mol. The minimum absolute atomic E-state index is 0.276. The third-order valence-corrected chi connectivity index (χ3v) is 7.17. The van der Waals surface area contributed by atoms with Gasteiger partial charge in [0.05, 0.1) is 12.1 Å². The molecule has 3 aromatic rings. The highest BCUT2D eigenvalue weighted by molar-refractivity contribution is 6.02. The van der Waals surface area contributed by atoms with Crippen molar-refractivity contribution in [3.05, 3.63) is 101 Å². The normalized spacial score (nSPS) is 19.8. The fourth-order valence-electron chi connectivity index (χ4n) is 4.93. The van der Waals surface area contributed by atoms with Crippen molar-refractivity contribution >= 4 is 11.7 Å². The summed E-state index contributed by atoms with van der Waals surface area (Å²) in [7, 11) is 0. The molecule has 0 spiro atoms. The molecule has 5 nitrogen and oxygen atoms in total. The molecule has 36 heavy (non-hydrogen) atoms. The summed E-state index contributed by atoms with van der Waals surface area (Å²) >= 11 is 0. The van der Waals surface area contributed by atoms with Crippen LogP contribution in [0.15, 0.2) is 88.8 Å². The summed E-state index contributed by atoms with van der Waals surface area (Å²) in [4.78, 5) is 20.3. The van der Waals surface area contributed by atoms with E-state index in [0.717, 1.165) is 49.2 Å². The van der Waals surface area contributed by atoms with Crippen LogP contribution in [-0.4, -0.2) is 51.6 Å². The first kappa shape index (κ1) is 24.2. The van der Waals surface area contributed by atoms with E-state index in [1.165, 1.54) is 11.1 Å². The lowest BCUT2D eigenvalue weighted by molar-refractivity contribution is 0.376. The first-order valence-corrected chi connectivity index (χ1v) is 13.2. The van der Waals surface area contributed by atoms with Crippen LogP contribution < -0.4 is 0 Å². The Morgan fingerprint density at radius 1 is 0.611 bits per heavy atom. The number of hydrogen-bond acceptors (Lipinski definition) is 5. The molecular formula is C31H37N5. The largest absolute Gasteiger partial charge is 0.349 e. The highest BCUT2D eigenvalue weighted by atomic mass is 15.3. The van der Waals surface area contributed by atoms with Gasteiger partial charge in [-0.05, 0) is 35.1 Å². The Labute approximate surface area is 215 Å². The second-order valence-electron chi connectivity index (χ2n) is 10.7. The molecule has 3 heterocycles. The Hall–Kier alpha value is -3.47. The standard InChI is InChI=1S/C31H37N5/c1-22(2)28-20-35(18-24-12-7-5-8-13-24)30(33-28)26-16-11-17-27(32-26)31-34-29(23(3)4)21-36(31)19-25-14-9-6-10-15-25/h5-17,22-23,28-29H,18-21H2,1-4H3/t28-,29-/m1/s1. The van der Waals surface area contributed by atoms with Crippen molar-refractivity contribution in [2.24, 2.45) is 21.8 Å². The van der Waals surface area contributed by atoms with Gasteiger partial charge in [-0.15, -0.1) is 0 Å². The molecule has 0 saturated carbocycles. The predicted octanol–water partition coefficient (Wildman–Crippen LogP) is 5.66. The van der Waals surface area contributed by atoms with E-state index in [-0.39, 0.29) is 12.1 Å². The number of aliphatic imine (C=N–C) groups is 2. The zero-order valence-electron chi connectivity index (χ0n) is 21.9. The summed E-state index contributed by atoms with van der Waals surface area (Å²) in [6, 6.07) is 28.1. The van der Waals surface area contributed by atoms with Crippen LogP contribution in [0.25, 0.3) is 0 Å². The van der Waals surface area contributed by atoms with E-state index in [4.69, 9.17) is 15.0 Å². The molecule has 2 aromatic carbocycles. The van der Waals surface area contributed by atoms with E-state index in [9.17, 15) is 0 Å². The molecule has 1 aromatic heterocycles. The van der Waals surface area contributed by atoms with Crippen molar-refractivity contribution in [2.45, 2.75) is 52.9 Å². The van der Waals surface area contributed by atoms with E-state index >= 15 is 0 Å². The van der Waals surface area contributed by atoms with Gasteiger partial charge in [0.15, 0.2) is 11.7 Å². The zero-order valence-corrected chi connectivity index (χ0v) is 21.9. The number of amidine groups is 2. The summed E-state index contributed by atoms with van der Waals surface area (Å²) in [5, 5.41) is 0. The molecule has 0 unspecified atom stereocenters. The SMILES string of the molecule is CC(C)[C@H]1CN(Cc2ccccc2)C(c2cccc(C3=N[C@@H](C(C)C)CN3Cc3ccccc3)n2)=N1. The van der Waals surface area contributed by atoms with Crippen LogP contribution in [0, 0.1) is 11.8 Å². The van der Waals surface area contributed by atoms with Gasteiger partial charge in [0.1, 0.15) is 11.4 Å². The highest BCUT2D eigenvalue weighted by Gasteiger charge is 2.31. The number of hydrogen-bond donors (Lipinski definition) is 0. The maximum absolute atomic E-state index is 5.16. The lowest BCUT2D eigenvalue weighted by Gasteiger charge is -2.23. The molecule has 0 amide bonds. The van der Waals surface area contributed by atoms with Crippen LogP contribution in [0.5, 0.6) is 0 Å². The van der Waals surface area contributed by atoms with E-state index in [0.29, 0.717) is 11.8 Å². The molecule has 5 rings (SSSR count). The number of rotatable bonds is 8. The van der Waals surface area contributed by atoms with Gasteiger partial charge in [-0.25, -0.2) is 4.98 Å². The van der Waals surface area contributed by atoms with Gasteiger partial charge in [-0.2, -0.15) is 0 Å². The fourth-order valence-corrected chi connectivity index (χ4v) is 4.93. The molecule has 0 bridgehead atoms. The molecule has 2 aliphatic rings. The van der Waals surface area contributed by atoms with Crippen LogP contribution in [0.1, 0.15) is 50.2 Å². The Kier molecular flexibility index (Phi) is 7.17. The van der Waals surface area contributed by atoms with Gasteiger partial charge in [-0.3, -0.25) is 9.98 Å². The molecule has 186 valence electrons. The highest BCUT2D eigenvalue weighted by Crippen LogP contribution is 2.25. The quantitative estimate of drug-likeness (QED) is 0.419. The minimum Gasteiger partial charge on any atom is -0.349 e. The van der Waals surface area contributed by atoms with Crippen molar-refractivity contribution in [2.75, 3.05) is 13.1 Å². The Morgan fingerprint density at radius 2 is 1.03 bits per heavy atom. The number of nitrogens with zero attached hydrogens (tertiary/aromatic N) is 5. The van der Waals surface area contributed by atoms with Crippen LogP contribution in [0.4, 0.5) is 0 Å². The van der Waals surface area contributed by atoms with Crippen LogP contribution in [0.2, 0.25) is 0 Å². The second-order valence-corrected chi connectivity index (χ2v) is 10.7. The van der Waals surface area contributed by atoms with Gasteiger partial charge < -0.3 is 9.80 Å². The third kappa shape index (κ3) is 5.35. The van der Waals surface area contributed by atoms with Gasteiger partial charge in [-0.1, -0.05) is 94.4 Å². The summed E-state index contributed by atoms with van der Waals surface area (Å²) < 4.78 is 0. The average Bonchev–Trinajstić information content (AvgIpc) is 3.50. The molecule has 5 heteroatoms. The monoisotopic (exact) mass is 479 g/mol. The van der Waals surface area contributed by atoms with Crippen molar-refractivity contribution in [3.8, 4) is 0 Å². The lowest BCUT2D eigenvalue weighted by atomic mass is 10.1. The summed E-state index contributed by atoms with van der Waals surface area (Å²) in [5.41, 5.74) is 4.45. The zero-order chi connectivity index (χ0) is 25.1. The third-order valence-electron chi connectivity index (χ3n) is 7.17. The molecule has 2 atom stereocenters. The molecule has 0 radical (unpaired) electrons. The minimum atomic E-state index is 0.276. The fraction of sp³-hybridized carbons (Fsp3) is 0.387. The van der Waals surface area contributed by atoms with Crippen molar-refractivity contribution < 1.29 is 0 Å². The maximum atomic E-state index is 5.16. The van der Waals surface area contributed by atoms with Gasteiger partial charge in [0, 0.05) is 26.2 Å². The van der Waals surface area contributed by atoms with Crippen molar-refractivity contribution in [3.63, 3.8) is 0 Å². The van der Waals surface area contributed by atoms with E-state index in [2.05, 4.69) is 116 Å². The van der Waals surface area contributed by atoms with Gasteiger partial charge in [0.2, 0.25) is 0 Å². The number of pyridine rings is 1. The van der Waals surface area contributed by atoms with E-state index in [1.807, 2.05) is 0 Å². The van der Waals surface area contributed by atoms with Crippen LogP contribution in [0.3, 0.4) is 0 Å². The molecule has 0 fully saturated rings. The topological polar surface area (TPSA) is 44.1 Å². The van der Waals surface area contributed by atoms with Gasteiger partial charge >= 0.3 is 0 Å². The number of benzene rings is 2. The molecule has 2 aliphatic heterocycles. The van der Waals surface area contributed by atoms with Crippen molar-refractivity contribution in [1.82, 2.24) is 14.8 Å². The number of aromatic nitrogens is 1. The summed E-state index contributed by atoms with van der Waals surface area (Å²) in [6.07, 6.45) is 0. The summed E-state index contributed by atoms with van der Waals surface area (Å²) in [6.45, 7) is 12.5. The Balaban J connectivity index is 1.46. The van der Waals surface area contributed by atoms with Gasteiger partial charge in [0.25, 0.3) is 0 Å². The maximum Gasteiger partial charge on any atom is 0.150 e. The summed E-state index contributed by atoms with van der Waals surface area (Å²) in [5.74, 6) is 2.95. The Morgan fingerprint density at radius 3 is 1.42 bits per heavy atom. The first-order chi connectivity index (χ1) is 17.5. The molecule has 0 aliphatic carbocycles.